The lowest BCUT2D eigenvalue weighted by molar-refractivity contribution is 0.584. The van der Waals surface area contributed by atoms with E-state index in [1.807, 2.05) is 0 Å². The Labute approximate surface area is 149 Å². The molecule has 4 rings (SSSR count). The molecular formula is C17H15ClFN3O2S. The third-order valence-electron chi connectivity index (χ3n) is 4.46. The lowest BCUT2D eigenvalue weighted by Crippen LogP contribution is -2.12. The smallest absolute Gasteiger partial charge is 0.268 e. The molecule has 2 aromatic heterocycles. The van der Waals surface area contributed by atoms with Crippen molar-refractivity contribution in [1.29, 1.82) is 0 Å². The van der Waals surface area contributed by atoms with E-state index in [0.717, 1.165) is 31.1 Å². The number of nitrogens with zero attached hydrogens (tertiary/aromatic N) is 2. The van der Waals surface area contributed by atoms with E-state index in [1.165, 1.54) is 22.2 Å². The van der Waals surface area contributed by atoms with Crippen LogP contribution < -0.4 is 5.32 Å². The highest BCUT2D eigenvalue weighted by molar-refractivity contribution is 7.90. The number of hydrogen-bond donors (Lipinski definition) is 1. The van der Waals surface area contributed by atoms with Gasteiger partial charge in [0.2, 0.25) is 0 Å². The van der Waals surface area contributed by atoms with Gasteiger partial charge in [0.1, 0.15) is 11.0 Å². The van der Waals surface area contributed by atoms with Crippen LogP contribution in [0.2, 0.25) is 5.15 Å². The van der Waals surface area contributed by atoms with Crippen molar-refractivity contribution in [3.05, 3.63) is 59.1 Å². The summed E-state index contributed by atoms with van der Waals surface area (Å²) >= 11 is 6.02. The summed E-state index contributed by atoms with van der Waals surface area (Å²) in [6.45, 7) is 1.63. The molecule has 8 heteroatoms. The average molecular weight is 380 g/mol. The highest BCUT2D eigenvalue weighted by Crippen LogP contribution is 2.33. The predicted octanol–water partition coefficient (Wildman–Crippen LogP) is 3.14. The molecule has 0 spiro atoms. The first kappa shape index (κ1) is 16.5. The van der Waals surface area contributed by atoms with Gasteiger partial charge in [-0.15, -0.1) is 0 Å². The first-order valence-electron chi connectivity index (χ1n) is 7.86. The third kappa shape index (κ3) is 2.82. The molecule has 3 heterocycles. The van der Waals surface area contributed by atoms with E-state index in [4.69, 9.17) is 11.6 Å². The minimum atomic E-state index is -3.94. The van der Waals surface area contributed by atoms with Crippen molar-refractivity contribution in [3.63, 3.8) is 0 Å². The van der Waals surface area contributed by atoms with Crippen LogP contribution in [0.3, 0.4) is 0 Å². The molecule has 130 valence electrons. The Morgan fingerprint density at radius 2 is 2.12 bits per heavy atom. The van der Waals surface area contributed by atoms with Crippen LogP contribution in [0.15, 0.2) is 47.5 Å². The fourth-order valence-electron chi connectivity index (χ4n) is 3.23. The van der Waals surface area contributed by atoms with Crippen LogP contribution in [0.5, 0.6) is 0 Å². The Balaban J connectivity index is 1.95. The molecule has 3 aromatic rings. The van der Waals surface area contributed by atoms with Gasteiger partial charge in [0.15, 0.2) is 0 Å². The van der Waals surface area contributed by atoms with Crippen molar-refractivity contribution < 1.29 is 12.8 Å². The third-order valence-corrected chi connectivity index (χ3v) is 6.34. The molecule has 0 saturated carbocycles. The van der Waals surface area contributed by atoms with Gasteiger partial charge in [0.05, 0.1) is 15.9 Å². The molecule has 1 aliphatic heterocycles. The van der Waals surface area contributed by atoms with Gasteiger partial charge in [-0.2, -0.15) is 0 Å². The monoisotopic (exact) mass is 379 g/mol. The largest absolute Gasteiger partial charge is 0.316 e. The second kappa shape index (κ2) is 6.09. The van der Waals surface area contributed by atoms with Crippen molar-refractivity contribution in [3.8, 4) is 0 Å². The van der Waals surface area contributed by atoms with Crippen LogP contribution >= 0.6 is 11.6 Å². The van der Waals surface area contributed by atoms with Crippen LogP contribution in [-0.2, 0) is 10.0 Å². The lowest BCUT2D eigenvalue weighted by atomic mass is 10.0. The standard InChI is InChI=1S/C17H15ClFN3O2S/c18-16-5-4-15-17(21-16)14(11-6-7-20-9-11)10-22(15)25(23,24)13-3-1-2-12(19)8-13/h1-5,8,10-11,20H,6-7,9H2. The van der Waals surface area contributed by atoms with Crippen molar-refractivity contribution in [1.82, 2.24) is 14.3 Å². The Bertz CT molecular complexity index is 1060. The lowest BCUT2D eigenvalue weighted by Gasteiger charge is -2.07. The number of pyridine rings is 1. The Morgan fingerprint density at radius 1 is 1.28 bits per heavy atom. The predicted molar refractivity (Wildman–Crippen MR) is 94.0 cm³/mol. The normalized spacial score (nSPS) is 18.1. The van der Waals surface area contributed by atoms with Crippen LogP contribution in [-0.4, -0.2) is 30.5 Å². The van der Waals surface area contributed by atoms with Crippen LogP contribution in [0.1, 0.15) is 17.9 Å². The van der Waals surface area contributed by atoms with E-state index in [2.05, 4.69) is 10.3 Å². The van der Waals surface area contributed by atoms with Gasteiger partial charge < -0.3 is 5.32 Å². The number of nitrogens with one attached hydrogen (secondary N) is 1. The van der Waals surface area contributed by atoms with Gasteiger partial charge in [-0.1, -0.05) is 17.7 Å². The number of benzene rings is 1. The minimum absolute atomic E-state index is 0.101. The van der Waals surface area contributed by atoms with Gasteiger partial charge in [-0.3, -0.25) is 0 Å². The first-order chi connectivity index (χ1) is 12.0. The van der Waals surface area contributed by atoms with E-state index in [-0.39, 0.29) is 10.8 Å². The van der Waals surface area contributed by atoms with Gasteiger partial charge in [0, 0.05) is 24.2 Å². The molecule has 0 amide bonds. The molecule has 1 fully saturated rings. The number of hydrogen-bond acceptors (Lipinski definition) is 4. The molecule has 25 heavy (non-hydrogen) atoms. The Hall–Kier alpha value is -1.96. The maximum atomic E-state index is 13.5. The molecular weight excluding hydrogens is 365 g/mol. The number of aromatic nitrogens is 2. The van der Waals surface area contributed by atoms with Crippen molar-refractivity contribution in [2.75, 3.05) is 13.1 Å². The summed E-state index contributed by atoms with van der Waals surface area (Å²) in [6.07, 6.45) is 2.49. The zero-order valence-corrected chi connectivity index (χ0v) is 14.7. The van der Waals surface area contributed by atoms with Gasteiger partial charge >= 0.3 is 0 Å². The van der Waals surface area contributed by atoms with Gasteiger partial charge in [-0.05, 0) is 43.3 Å². The van der Waals surface area contributed by atoms with E-state index >= 15 is 0 Å². The van der Waals surface area contributed by atoms with Crippen LogP contribution in [0, 0.1) is 5.82 Å². The average Bonchev–Trinajstić information content (AvgIpc) is 3.21. The van der Waals surface area contributed by atoms with Gasteiger partial charge in [-0.25, -0.2) is 21.8 Å². The highest BCUT2D eigenvalue weighted by Gasteiger charge is 2.27. The minimum Gasteiger partial charge on any atom is -0.316 e. The summed E-state index contributed by atoms with van der Waals surface area (Å²) < 4.78 is 40.8. The summed E-state index contributed by atoms with van der Waals surface area (Å²) in [7, 11) is -3.94. The molecule has 1 saturated heterocycles. The SMILES string of the molecule is O=S(=O)(c1cccc(F)c1)n1cc(C2CCNC2)c2nc(Cl)ccc21. The highest BCUT2D eigenvalue weighted by atomic mass is 35.5. The fourth-order valence-corrected chi connectivity index (χ4v) is 4.78. The zero-order valence-electron chi connectivity index (χ0n) is 13.1. The molecule has 1 aromatic carbocycles. The van der Waals surface area contributed by atoms with E-state index in [0.29, 0.717) is 16.2 Å². The van der Waals surface area contributed by atoms with E-state index in [1.54, 1.807) is 18.3 Å². The summed E-state index contributed by atoms with van der Waals surface area (Å²) in [5.74, 6) is -0.434. The zero-order chi connectivity index (χ0) is 17.6. The molecule has 1 N–H and O–H groups in total. The summed E-state index contributed by atoms with van der Waals surface area (Å²) in [4.78, 5) is 4.24. The molecule has 1 unspecified atom stereocenters. The summed E-state index contributed by atoms with van der Waals surface area (Å²) in [5.41, 5.74) is 1.85. The molecule has 1 aliphatic rings. The topological polar surface area (TPSA) is 64.0 Å². The molecule has 0 aliphatic carbocycles. The second-order valence-electron chi connectivity index (χ2n) is 6.03. The quantitative estimate of drug-likeness (QED) is 0.710. The summed E-state index contributed by atoms with van der Waals surface area (Å²) in [6, 6.07) is 8.17. The van der Waals surface area contributed by atoms with Crippen molar-refractivity contribution in [2.24, 2.45) is 0 Å². The van der Waals surface area contributed by atoms with E-state index in [9.17, 15) is 12.8 Å². The first-order valence-corrected chi connectivity index (χ1v) is 9.68. The van der Waals surface area contributed by atoms with Crippen LogP contribution in [0.4, 0.5) is 4.39 Å². The molecule has 0 radical (unpaired) electrons. The summed E-state index contributed by atoms with van der Waals surface area (Å²) in [5, 5.41) is 3.57. The number of halogens is 2. The fraction of sp³-hybridized carbons (Fsp3) is 0.235. The number of rotatable bonds is 3. The van der Waals surface area contributed by atoms with E-state index < -0.39 is 15.8 Å². The molecule has 1 atom stereocenters. The van der Waals surface area contributed by atoms with Crippen molar-refractivity contribution >= 4 is 32.7 Å². The van der Waals surface area contributed by atoms with Gasteiger partial charge in [0.25, 0.3) is 10.0 Å². The Kier molecular flexibility index (Phi) is 4.02. The van der Waals surface area contributed by atoms with Crippen molar-refractivity contribution in [2.45, 2.75) is 17.2 Å². The molecule has 0 bridgehead atoms. The maximum absolute atomic E-state index is 13.5. The second-order valence-corrected chi connectivity index (χ2v) is 8.24. The Morgan fingerprint density at radius 3 is 2.84 bits per heavy atom. The molecule has 5 nitrogen and oxygen atoms in total. The van der Waals surface area contributed by atoms with Crippen LogP contribution in [0.25, 0.3) is 11.0 Å². The maximum Gasteiger partial charge on any atom is 0.268 e. The number of fused-ring (bicyclic) bond motifs is 1.